The van der Waals surface area contributed by atoms with Crippen LogP contribution in [0.3, 0.4) is 0 Å². The zero-order chi connectivity index (χ0) is 11.0. The average molecular weight is 226 g/mol. The van der Waals surface area contributed by atoms with Crippen molar-refractivity contribution in [3.05, 3.63) is 59.2 Å². The normalized spacial score (nSPS) is 12.8. The molecular weight excluding hydrogens is 216 g/mol. The Morgan fingerprint density at radius 3 is 2.69 bits per heavy atom. The maximum atomic E-state index is 10.7. The Hall–Kier alpha value is -1.54. The van der Waals surface area contributed by atoms with Crippen LogP contribution < -0.4 is 0 Å². The third-order valence-electron chi connectivity index (χ3n) is 2.79. The van der Waals surface area contributed by atoms with Crippen molar-refractivity contribution in [3.8, 4) is 0 Å². The summed E-state index contributed by atoms with van der Waals surface area (Å²) >= 11 is 1.79. The minimum absolute atomic E-state index is 0.763. The quantitative estimate of drug-likeness (QED) is 0.590. The predicted octanol–water partition coefficient (Wildman–Crippen LogP) is 3.55. The molecule has 0 spiro atoms. The minimum Gasteiger partial charge on any atom is -0.298 e. The summed E-state index contributed by atoms with van der Waals surface area (Å²) in [5.74, 6) is 0. The van der Waals surface area contributed by atoms with Gasteiger partial charge in [0.25, 0.3) is 0 Å². The zero-order valence-corrected chi connectivity index (χ0v) is 9.46. The second-order valence-corrected chi connectivity index (χ2v) is 4.96. The first kappa shape index (κ1) is 9.67. The van der Waals surface area contributed by atoms with E-state index < -0.39 is 0 Å². The molecular formula is C14H10OS. The Balaban J connectivity index is 2.08. The van der Waals surface area contributed by atoms with E-state index >= 15 is 0 Å². The fourth-order valence-electron chi connectivity index (χ4n) is 1.98. The maximum Gasteiger partial charge on any atom is 0.150 e. The highest BCUT2D eigenvalue weighted by molar-refractivity contribution is 7.99. The number of carbonyl (C=O) groups is 1. The third kappa shape index (κ3) is 1.55. The highest BCUT2D eigenvalue weighted by Crippen LogP contribution is 2.39. The molecule has 2 aromatic rings. The van der Waals surface area contributed by atoms with Gasteiger partial charge in [0, 0.05) is 15.4 Å². The van der Waals surface area contributed by atoms with Crippen molar-refractivity contribution in [1.82, 2.24) is 0 Å². The maximum absolute atomic E-state index is 10.7. The van der Waals surface area contributed by atoms with E-state index in [1.165, 1.54) is 20.9 Å². The highest BCUT2D eigenvalue weighted by atomic mass is 32.2. The van der Waals surface area contributed by atoms with Gasteiger partial charge in [-0.25, -0.2) is 0 Å². The summed E-state index contributed by atoms with van der Waals surface area (Å²) in [6.45, 7) is 0. The van der Waals surface area contributed by atoms with Crippen LogP contribution in [0.1, 0.15) is 21.5 Å². The van der Waals surface area contributed by atoms with Crippen LogP contribution >= 0.6 is 11.8 Å². The molecule has 0 bridgehead atoms. The molecule has 16 heavy (non-hydrogen) atoms. The van der Waals surface area contributed by atoms with Crippen molar-refractivity contribution in [2.75, 3.05) is 0 Å². The summed E-state index contributed by atoms with van der Waals surface area (Å²) in [4.78, 5) is 13.3. The van der Waals surface area contributed by atoms with E-state index in [9.17, 15) is 4.79 Å². The summed E-state index contributed by atoms with van der Waals surface area (Å²) in [6, 6.07) is 14.3. The standard InChI is InChI=1S/C14H10OS/c15-9-10-5-6-14-12(7-10)8-11-3-1-2-4-13(11)16-14/h1-7,9H,8H2. The lowest BCUT2D eigenvalue weighted by Gasteiger charge is -2.18. The number of hydrogen-bond donors (Lipinski definition) is 0. The molecule has 0 N–H and O–H groups in total. The third-order valence-corrected chi connectivity index (χ3v) is 4.03. The first-order valence-corrected chi connectivity index (χ1v) is 6.02. The van der Waals surface area contributed by atoms with Gasteiger partial charge in [-0.1, -0.05) is 36.0 Å². The molecule has 0 saturated carbocycles. The number of rotatable bonds is 1. The molecule has 1 nitrogen and oxygen atoms in total. The first-order chi connectivity index (χ1) is 7.86. The number of benzene rings is 2. The van der Waals surface area contributed by atoms with E-state index in [0.29, 0.717) is 0 Å². The van der Waals surface area contributed by atoms with Gasteiger partial charge >= 0.3 is 0 Å². The summed E-state index contributed by atoms with van der Waals surface area (Å²) < 4.78 is 0. The molecule has 0 atom stereocenters. The Morgan fingerprint density at radius 1 is 1.00 bits per heavy atom. The van der Waals surface area contributed by atoms with E-state index in [0.717, 1.165) is 18.3 Å². The summed E-state index contributed by atoms with van der Waals surface area (Å²) in [5, 5.41) is 0. The molecule has 0 fully saturated rings. The van der Waals surface area contributed by atoms with E-state index in [2.05, 4.69) is 24.3 Å². The molecule has 78 valence electrons. The topological polar surface area (TPSA) is 17.1 Å². The molecule has 0 aromatic heterocycles. The van der Waals surface area contributed by atoms with Crippen LogP contribution in [-0.2, 0) is 6.42 Å². The van der Waals surface area contributed by atoms with Crippen molar-refractivity contribution in [3.63, 3.8) is 0 Å². The minimum atomic E-state index is 0.763. The van der Waals surface area contributed by atoms with Gasteiger partial charge in [0.15, 0.2) is 0 Å². The van der Waals surface area contributed by atoms with Gasteiger partial charge < -0.3 is 0 Å². The number of aldehydes is 1. The summed E-state index contributed by atoms with van der Waals surface area (Å²) in [5.41, 5.74) is 3.37. The van der Waals surface area contributed by atoms with Crippen molar-refractivity contribution in [2.24, 2.45) is 0 Å². The van der Waals surface area contributed by atoms with E-state index in [1.54, 1.807) is 11.8 Å². The van der Waals surface area contributed by atoms with Crippen LogP contribution in [0.5, 0.6) is 0 Å². The fourth-order valence-corrected chi connectivity index (χ4v) is 3.04. The molecule has 1 aliphatic heterocycles. The second kappa shape index (κ2) is 3.80. The van der Waals surface area contributed by atoms with Crippen molar-refractivity contribution in [1.29, 1.82) is 0 Å². The van der Waals surface area contributed by atoms with E-state index in [-0.39, 0.29) is 0 Å². The second-order valence-electron chi connectivity index (χ2n) is 3.87. The molecule has 0 amide bonds. The summed E-state index contributed by atoms with van der Waals surface area (Å²) in [7, 11) is 0. The van der Waals surface area contributed by atoms with Crippen LogP contribution in [0.25, 0.3) is 0 Å². The molecule has 0 aliphatic carbocycles. The Morgan fingerprint density at radius 2 is 1.81 bits per heavy atom. The molecule has 0 saturated heterocycles. The lowest BCUT2D eigenvalue weighted by Crippen LogP contribution is -2.00. The van der Waals surface area contributed by atoms with Crippen LogP contribution in [-0.4, -0.2) is 6.29 Å². The fraction of sp³-hybridized carbons (Fsp3) is 0.0714. The van der Waals surface area contributed by atoms with Crippen LogP contribution in [0.4, 0.5) is 0 Å². The molecule has 1 heterocycles. The molecule has 2 aromatic carbocycles. The Kier molecular flexibility index (Phi) is 2.29. The lowest BCUT2D eigenvalue weighted by atomic mass is 10.0. The predicted molar refractivity (Wildman–Crippen MR) is 65.2 cm³/mol. The van der Waals surface area contributed by atoms with Gasteiger partial charge in [-0.15, -0.1) is 0 Å². The summed E-state index contributed by atoms with van der Waals surface area (Å²) in [6.07, 6.45) is 1.84. The molecule has 2 heteroatoms. The molecule has 0 unspecified atom stereocenters. The van der Waals surface area contributed by atoms with Gasteiger partial charge in [0.1, 0.15) is 6.29 Å². The van der Waals surface area contributed by atoms with Crippen LogP contribution in [0.15, 0.2) is 52.3 Å². The Labute approximate surface area is 98.5 Å². The number of fused-ring (bicyclic) bond motifs is 2. The van der Waals surface area contributed by atoms with Gasteiger partial charge in [0.2, 0.25) is 0 Å². The van der Waals surface area contributed by atoms with Crippen molar-refractivity contribution >= 4 is 18.0 Å². The monoisotopic (exact) mass is 226 g/mol. The average Bonchev–Trinajstić information content (AvgIpc) is 2.35. The largest absolute Gasteiger partial charge is 0.298 e. The lowest BCUT2D eigenvalue weighted by molar-refractivity contribution is 0.112. The van der Waals surface area contributed by atoms with Crippen LogP contribution in [0.2, 0.25) is 0 Å². The SMILES string of the molecule is O=Cc1ccc2c(c1)Cc1ccccc1S2. The van der Waals surface area contributed by atoms with Gasteiger partial charge in [-0.05, 0) is 35.7 Å². The number of carbonyl (C=O) groups excluding carboxylic acids is 1. The van der Waals surface area contributed by atoms with Gasteiger partial charge in [-0.2, -0.15) is 0 Å². The molecule has 0 radical (unpaired) electrons. The van der Waals surface area contributed by atoms with Crippen molar-refractivity contribution in [2.45, 2.75) is 16.2 Å². The van der Waals surface area contributed by atoms with Crippen LogP contribution in [0, 0.1) is 0 Å². The Bertz CT molecular complexity index is 560. The zero-order valence-electron chi connectivity index (χ0n) is 8.64. The number of hydrogen-bond acceptors (Lipinski definition) is 2. The smallest absolute Gasteiger partial charge is 0.150 e. The van der Waals surface area contributed by atoms with Gasteiger partial charge in [0.05, 0.1) is 0 Å². The van der Waals surface area contributed by atoms with E-state index in [1.807, 2.05) is 18.2 Å². The molecule has 3 rings (SSSR count). The van der Waals surface area contributed by atoms with Gasteiger partial charge in [-0.3, -0.25) is 4.79 Å². The highest BCUT2D eigenvalue weighted by Gasteiger charge is 2.15. The first-order valence-electron chi connectivity index (χ1n) is 5.21. The van der Waals surface area contributed by atoms with Crippen molar-refractivity contribution < 1.29 is 4.79 Å². The van der Waals surface area contributed by atoms with E-state index in [4.69, 9.17) is 0 Å². The molecule has 1 aliphatic rings.